The lowest BCUT2D eigenvalue weighted by Gasteiger charge is -2.04. The normalized spacial score (nSPS) is 10.5. The van der Waals surface area contributed by atoms with E-state index in [4.69, 9.17) is 4.52 Å². The van der Waals surface area contributed by atoms with Gasteiger partial charge in [-0.25, -0.2) is 0 Å². The molecule has 0 radical (unpaired) electrons. The summed E-state index contributed by atoms with van der Waals surface area (Å²) in [6.45, 7) is 2.52. The first-order valence-corrected chi connectivity index (χ1v) is 7.58. The molecule has 0 aliphatic heterocycles. The minimum atomic E-state index is -0.0724. The van der Waals surface area contributed by atoms with Crippen LogP contribution in [0.15, 0.2) is 65.2 Å². The fourth-order valence-corrected chi connectivity index (χ4v) is 2.28. The van der Waals surface area contributed by atoms with E-state index in [1.807, 2.05) is 67.6 Å². The highest BCUT2D eigenvalue weighted by Gasteiger charge is 2.08. The highest BCUT2D eigenvalue weighted by molar-refractivity contribution is 5.94. The first-order valence-electron chi connectivity index (χ1n) is 7.58. The Morgan fingerprint density at radius 1 is 1.09 bits per heavy atom. The number of benzene rings is 2. The number of aryl methyl sites for hydroxylation is 1. The van der Waals surface area contributed by atoms with Gasteiger partial charge in [0.05, 0.1) is 5.69 Å². The van der Waals surface area contributed by atoms with Crippen molar-refractivity contribution in [2.24, 2.45) is 0 Å². The summed E-state index contributed by atoms with van der Waals surface area (Å²) in [6.07, 6.45) is 0.633. The molecular weight excluding hydrogens is 288 g/mol. The van der Waals surface area contributed by atoms with Gasteiger partial charge in [-0.1, -0.05) is 53.2 Å². The Kier molecular flexibility index (Phi) is 4.52. The third kappa shape index (κ3) is 3.86. The maximum Gasteiger partial charge on any atom is 0.251 e. The van der Waals surface area contributed by atoms with Gasteiger partial charge in [0, 0.05) is 30.2 Å². The fourth-order valence-electron chi connectivity index (χ4n) is 2.28. The van der Waals surface area contributed by atoms with E-state index in [0.29, 0.717) is 18.5 Å². The summed E-state index contributed by atoms with van der Waals surface area (Å²) in [6, 6.07) is 19.3. The van der Waals surface area contributed by atoms with Crippen molar-refractivity contribution >= 4 is 5.91 Å². The Balaban J connectivity index is 1.54. The third-order valence-electron chi connectivity index (χ3n) is 3.60. The predicted molar refractivity (Wildman–Crippen MR) is 89.2 cm³/mol. The molecule has 1 aromatic heterocycles. The summed E-state index contributed by atoms with van der Waals surface area (Å²) >= 11 is 0. The minimum Gasteiger partial charge on any atom is -0.356 e. The van der Waals surface area contributed by atoms with Crippen LogP contribution in [0.3, 0.4) is 0 Å². The van der Waals surface area contributed by atoms with Crippen molar-refractivity contribution in [3.63, 3.8) is 0 Å². The molecule has 0 aliphatic rings. The van der Waals surface area contributed by atoms with Gasteiger partial charge in [0.15, 0.2) is 5.76 Å². The Labute approximate surface area is 135 Å². The number of nitrogens with zero attached hydrogens (tertiary/aromatic N) is 1. The molecule has 0 saturated heterocycles. The lowest BCUT2D eigenvalue weighted by Crippen LogP contribution is -2.25. The number of carbonyl (C=O) groups is 1. The molecule has 3 aromatic rings. The standard InChI is InChI=1S/C19H18N2O2/c1-14-7-9-16(10-8-14)19(22)20-12-11-17-13-18(23-21-17)15-5-3-2-4-6-15/h2-10,13H,11-12H2,1H3,(H,20,22). The number of rotatable bonds is 5. The fraction of sp³-hybridized carbons (Fsp3) is 0.158. The number of hydrogen-bond acceptors (Lipinski definition) is 3. The molecule has 3 rings (SSSR count). The Bertz CT molecular complexity index is 777. The van der Waals surface area contributed by atoms with Crippen LogP contribution in [0.2, 0.25) is 0 Å². The summed E-state index contributed by atoms with van der Waals surface area (Å²) in [5.41, 5.74) is 3.63. The zero-order valence-corrected chi connectivity index (χ0v) is 13.0. The van der Waals surface area contributed by atoms with Crippen molar-refractivity contribution in [3.8, 4) is 11.3 Å². The number of aromatic nitrogens is 1. The maximum absolute atomic E-state index is 12.0. The molecular formula is C19H18N2O2. The number of hydrogen-bond donors (Lipinski definition) is 1. The second-order valence-electron chi connectivity index (χ2n) is 5.42. The van der Waals surface area contributed by atoms with Gasteiger partial charge < -0.3 is 9.84 Å². The van der Waals surface area contributed by atoms with E-state index in [2.05, 4.69) is 10.5 Å². The van der Waals surface area contributed by atoms with Crippen LogP contribution in [0.4, 0.5) is 0 Å². The van der Waals surface area contributed by atoms with Gasteiger partial charge in [0.25, 0.3) is 5.91 Å². The van der Waals surface area contributed by atoms with Crippen molar-refractivity contribution in [1.82, 2.24) is 10.5 Å². The predicted octanol–water partition coefficient (Wildman–Crippen LogP) is 3.62. The van der Waals surface area contributed by atoms with Crippen molar-refractivity contribution in [3.05, 3.63) is 77.5 Å². The molecule has 4 nitrogen and oxygen atoms in total. The number of nitrogens with one attached hydrogen (secondary N) is 1. The minimum absolute atomic E-state index is 0.0724. The molecule has 0 saturated carbocycles. The van der Waals surface area contributed by atoms with Crippen molar-refractivity contribution < 1.29 is 9.32 Å². The Morgan fingerprint density at radius 3 is 2.57 bits per heavy atom. The number of amides is 1. The first-order chi connectivity index (χ1) is 11.2. The van der Waals surface area contributed by atoms with E-state index in [9.17, 15) is 4.79 Å². The topological polar surface area (TPSA) is 55.1 Å². The molecule has 2 aromatic carbocycles. The van der Waals surface area contributed by atoms with E-state index in [0.717, 1.165) is 22.6 Å². The smallest absolute Gasteiger partial charge is 0.251 e. The highest BCUT2D eigenvalue weighted by atomic mass is 16.5. The van der Waals surface area contributed by atoms with Crippen LogP contribution in [0.1, 0.15) is 21.6 Å². The Hall–Kier alpha value is -2.88. The van der Waals surface area contributed by atoms with Gasteiger partial charge in [-0.05, 0) is 19.1 Å². The Morgan fingerprint density at radius 2 is 1.83 bits per heavy atom. The molecule has 4 heteroatoms. The molecule has 1 N–H and O–H groups in total. The summed E-state index contributed by atoms with van der Waals surface area (Å²) in [5.74, 6) is 0.669. The summed E-state index contributed by atoms with van der Waals surface area (Å²) < 4.78 is 5.34. The van der Waals surface area contributed by atoms with Crippen LogP contribution in [-0.2, 0) is 6.42 Å². The zero-order valence-electron chi connectivity index (χ0n) is 13.0. The largest absolute Gasteiger partial charge is 0.356 e. The van der Waals surface area contributed by atoms with E-state index in [1.165, 1.54) is 0 Å². The summed E-state index contributed by atoms with van der Waals surface area (Å²) in [4.78, 5) is 12.0. The quantitative estimate of drug-likeness (QED) is 0.783. The SMILES string of the molecule is Cc1ccc(C(=O)NCCc2cc(-c3ccccc3)on2)cc1. The van der Waals surface area contributed by atoms with Crippen molar-refractivity contribution in [2.75, 3.05) is 6.54 Å². The van der Waals surface area contributed by atoms with Crippen LogP contribution in [0, 0.1) is 6.92 Å². The maximum atomic E-state index is 12.0. The van der Waals surface area contributed by atoms with Crippen LogP contribution >= 0.6 is 0 Å². The average molecular weight is 306 g/mol. The second-order valence-corrected chi connectivity index (χ2v) is 5.42. The lowest BCUT2D eigenvalue weighted by molar-refractivity contribution is 0.0954. The molecule has 116 valence electrons. The van der Waals surface area contributed by atoms with Gasteiger partial charge in [-0.15, -0.1) is 0 Å². The van der Waals surface area contributed by atoms with Crippen LogP contribution in [0.25, 0.3) is 11.3 Å². The lowest BCUT2D eigenvalue weighted by atomic mass is 10.1. The van der Waals surface area contributed by atoms with E-state index in [-0.39, 0.29) is 5.91 Å². The molecule has 0 atom stereocenters. The molecule has 23 heavy (non-hydrogen) atoms. The monoisotopic (exact) mass is 306 g/mol. The van der Waals surface area contributed by atoms with Crippen LogP contribution in [0.5, 0.6) is 0 Å². The van der Waals surface area contributed by atoms with E-state index in [1.54, 1.807) is 0 Å². The molecule has 1 heterocycles. The van der Waals surface area contributed by atoms with Gasteiger partial charge in [0.1, 0.15) is 0 Å². The van der Waals surface area contributed by atoms with E-state index >= 15 is 0 Å². The zero-order chi connectivity index (χ0) is 16.1. The van der Waals surface area contributed by atoms with Crippen LogP contribution < -0.4 is 5.32 Å². The van der Waals surface area contributed by atoms with Crippen molar-refractivity contribution in [2.45, 2.75) is 13.3 Å². The summed E-state index contributed by atoms with van der Waals surface area (Å²) in [5, 5.41) is 6.94. The molecule has 0 spiro atoms. The first kappa shape index (κ1) is 15.0. The highest BCUT2D eigenvalue weighted by Crippen LogP contribution is 2.19. The van der Waals surface area contributed by atoms with E-state index < -0.39 is 0 Å². The summed E-state index contributed by atoms with van der Waals surface area (Å²) in [7, 11) is 0. The van der Waals surface area contributed by atoms with Crippen LogP contribution in [-0.4, -0.2) is 17.6 Å². The molecule has 1 amide bonds. The molecule has 0 aliphatic carbocycles. The molecule has 0 bridgehead atoms. The average Bonchev–Trinajstić information content (AvgIpc) is 3.05. The second kappa shape index (κ2) is 6.92. The third-order valence-corrected chi connectivity index (χ3v) is 3.60. The molecule has 0 unspecified atom stereocenters. The van der Waals surface area contributed by atoms with Crippen molar-refractivity contribution in [1.29, 1.82) is 0 Å². The number of carbonyl (C=O) groups excluding carboxylic acids is 1. The van der Waals surface area contributed by atoms with Gasteiger partial charge in [0.2, 0.25) is 0 Å². The molecule has 0 fully saturated rings. The van der Waals surface area contributed by atoms with Gasteiger partial charge in [-0.2, -0.15) is 0 Å². The van der Waals surface area contributed by atoms with Gasteiger partial charge >= 0.3 is 0 Å². The van der Waals surface area contributed by atoms with Gasteiger partial charge in [-0.3, -0.25) is 4.79 Å².